The van der Waals surface area contributed by atoms with Crippen molar-refractivity contribution >= 4 is 29.4 Å². The lowest BCUT2D eigenvalue weighted by Gasteiger charge is -2.31. The van der Waals surface area contributed by atoms with Gasteiger partial charge in [-0.2, -0.15) is 11.8 Å². The number of ether oxygens (including phenoxy) is 2. The Labute approximate surface area is 172 Å². The van der Waals surface area contributed by atoms with Crippen LogP contribution >= 0.6 is 11.8 Å². The van der Waals surface area contributed by atoms with Crippen molar-refractivity contribution in [2.24, 2.45) is 5.73 Å². The Morgan fingerprint density at radius 1 is 1.24 bits per heavy atom. The maximum absolute atomic E-state index is 12.7. The molecule has 1 heterocycles. The third-order valence-electron chi connectivity index (χ3n) is 4.38. The van der Waals surface area contributed by atoms with E-state index in [0.717, 1.165) is 0 Å². The number of hydrogen-bond acceptors (Lipinski definition) is 9. The molecule has 1 aliphatic rings. The fourth-order valence-electron chi connectivity index (χ4n) is 3.15. The maximum atomic E-state index is 12.7. The Kier molecular flexibility index (Phi) is 7.80. The van der Waals surface area contributed by atoms with E-state index in [0.29, 0.717) is 35.0 Å². The quantitative estimate of drug-likeness (QED) is 0.279. The van der Waals surface area contributed by atoms with Crippen molar-refractivity contribution in [3.8, 4) is 0 Å². The van der Waals surface area contributed by atoms with Crippen molar-refractivity contribution in [1.82, 2.24) is 5.32 Å². The third kappa shape index (κ3) is 4.96. The van der Waals surface area contributed by atoms with Crippen molar-refractivity contribution in [1.29, 1.82) is 0 Å². The van der Waals surface area contributed by atoms with Crippen LogP contribution in [0, 0.1) is 10.1 Å². The van der Waals surface area contributed by atoms with E-state index >= 15 is 0 Å². The summed E-state index contributed by atoms with van der Waals surface area (Å²) in [6, 6.07) is 5.84. The zero-order valence-electron chi connectivity index (χ0n) is 16.4. The van der Waals surface area contributed by atoms with Gasteiger partial charge in [-0.05, 0) is 12.5 Å². The fraction of sp³-hybridized carbons (Fsp3) is 0.368. The number of benzene rings is 1. The first-order chi connectivity index (χ1) is 13.8. The average Bonchev–Trinajstić information content (AvgIpc) is 2.72. The molecule has 9 nitrogen and oxygen atoms in total. The number of esters is 2. The molecule has 10 heteroatoms. The first-order valence-corrected chi connectivity index (χ1v) is 9.90. The van der Waals surface area contributed by atoms with Gasteiger partial charge in [0, 0.05) is 41.6 Å². The molecule has 0 fully saturated rings. The second-order valence-electron chi connectivity index (χ2n) is 6.17. The van der Waals surface area contributed by atoms with E-state index < -0.39 is 22.8 Å². The van der Waals surface area contributed by atoms with Crippen LogP contribution in [0.5, 0.6) is 0 Å². The normalized spacial score (nSPS) is 16.3. The zero-order chi connectivity index (χ0) is 21.6. The minimum atomic E-state index is -0.871. The molecule has 0 saturated heterocycles. The number of thioether (sulfide) groups is 1. The van der Waals surface area contributed by atoms with Gasteiger partial charge in [-0.3, -0.25) is 10.1 Å². The summed E-state index contributed by atoms with van der Waals surface area (Å²) in [7, 11) is 2.48. The van der Waals surface area contributed by atoms with Crippen molar-refractivity contribution in [3.63, 3.8) is 0 Å². The first kappa shape index (κ1) is 22.4. The van der Waals surface area contributed by atoms with Crippen LogP contribution in [0.4, 0.5) is 5.69 Å². The van der Waals surface area contributed by atoms with Gasteiger partial charge in [-0.1, -0.05) is 12.1 Å². The number of nitrogens with two attached hydrogens (primary N) is 1. The van der Waals surface area contributed by atoms with Gasteiger partial charge in [0.15, 0.2) is 0 Å². The van der Waals surface area contributed by atoms with Crippen LogP contribution in [-0.2, 0) is 19.1 Å². The molecule has 0 aromatic heterocycles. The number of nitro benzene ring substituents is 1. The highest BCUT2D eigenvalue weighted by Crippen LogP contribution is 2.40. The Bertz CT molecular complexity index is 880. The lowest BCUT2D eigenvalue weighted by atomic mass is 9.80. The summed E-state index contributed by atoms with van der Waals surface area (Å²) in [5.74, 6) is -1.04. The number of nitrogens with one attached hydrogen (secondary N) is 1. The summed E-state index contributed by atoms with van der Waals surface area (Å²) in [5, 5.41) is 14.4. The van der Waals surface area contributed by atoms with Crippen molar-refractivity contribution < 1.29 is 24.0 Å². The monoisotopic (exact) mass is 421 g/mol. The number of rotatable bonds is 8. The molecule has 0 amide bonds. The molecule has 0 bridgehead atoms. The molecule has 0 saturated carbocycles. The summed E-state index contributed by atoms with van der Waals surface area (Å²) in [6.45, 7) is 2.17. The van der Waals surface area contributed by atoms with Crippen molar-refractivity contribution in [2.45, 2.75) is 12.8 Å². The number of nitro groups is 1. The molecule has 1 aromatic rings. The molecule has 0 spiro atoms. The van der Waals surface area contributed by atoms with Gasteiger partial charge in [0.1, 0.15) is 0 Å². The van der Waals surface area contributed by atoms with Gasteiger partial charge in [0.05, 0.1) is 36.2 Å². The van der Waals surface area contributed by atoms with Gasteiger partial charge in [0.2, 0.25) is 0 Å². The summed E-state index contributed by atoms with van der Waals surface area (Å²) in [5.41, 5.74) is 7.30. The number of carbonyl (C=O) groups is 2. The largest absolute Gasteiger partial charge is 0.466 e. The smallest absolute Gasteiger partial charge is 0.336 e. The van der Waals surface area contributed by atoms with Crippen molar-refractivity contribution in [2.75, 3.05) is 32.3 Å². The van der Waals surface area contributed by atoms with E-state index in [1.165, 1.54) is 44.2 Å². The minimum absolute atomic E-state index is 0.147. The predicted octanol–water partition coefficient (Wildman–Crippen LogP) is 1.85. The number of hydrogen-bond donors (Lipinski definition) is 2. The molecule has 1 unspecified atom stereocenters. The molecular formula is C19H23N3O6S. The second kappa shape index (κ2) is 10.1. The highest BCUT2D eigenvalue weighted by molar-refractivity contribution is 7.99. The number of allylic oxidation sites excluding steroid dienone is 1. The molecule has 156 valence electrons. The van der Waals surface area contributed by atoms with E-state index in [-0.39, 0.29) is 16.8 Å². The van der Waals surface area contributed by atoms with Crippen LogP contribution in [0.3, 0.4) is 0 Å². The predicted molar refractivity (Wildman–Crippen MR) is 109 cm³/mol. The van der Waals surface area contributed by atoms with E-state index in [9.17, 15) is 19.7 Å². The van der Waals surface area contributed by atoms with E-state index in [1.54, 1.807) is 13.0 Å². The van der Waals surface area contributed by atoms with Crippen molar-refractivity contribution in [3.05, 3.63) is 62.5 Å². The standard InChI is InChI=1S/C19H23N3O6S/c1-11-15(18(23)27-2)16(12-5-4-6-13(9-12)22(25)26)17(19(24)28-3)14(21-11)10-29-8-7-20/h4-6,9,16,21H,7-8,10,20H2,1-3H3. The number of nitrogens with zero attached hydrogens (tertiary/aromatic N) is 1. The van der Waals surface area contributed by atoms with Crippen LogP contribution in [-0.4, -0.2) is 49.1 Å². The number of dihydropyridines is 1. The molecule has 3 N–H and O–H groups in total. The maximum Gasteiger partial charge on any atom is 0.336 e. The summed E-state index contributed by atoms with van der Waals surface area (Å²) in [4.78, 5) is 36.0. The Morgan fingerprint density at radius 2 is 1.90 bits per heavy atom. The van der Waals surface area contributed by atoms with Crippen LogP contribution in [0.1, 0.15) is 18.4 Å². The molecule has 29 heavy (non-hydrogen) atoms. The van der Waals surface area contributed by atoms with Gasteiger partial charge >= 0.3 is 11.9 Å². The third-order valence-corrected chi connectivity index (χ3v) is 5.40. The second-order valence-corrected chi connectivity index (χ2v) is 7.27. The average molecular weight is 421 g/mol. The molecule has 2 rings (SSSR count). The molecule has 1 aliphatic heterocycles. The number of methoxy groups -OCH3 is 2. The number of non-ortho nitro benzene ring substituents is 1. The Balaban J connectivity index is 2.70. The van der Waals surface area contributed by atoms with Gasteiger partial charge in [0.25, 0.3) is 5.69 Å². The summed E-state index contributed by atoms with van der Waals surface area (Å²) >= 11 is 1.51. The topological polar surface area (TPSA) is 134 Å². The van der Waals surface area contributed by atoms with Gasteiger partial charge in [-0.15, -0.1) is 0 Å². The number of carbonyl (C=O) groups excluding carboxylic acids is 2. The lowest BCUT2D eigenvalue weighted by Crippen LogP contribution is -2.33. The minimum Gasteiger partial charge on any atom is -0.466 e. The Morgan fingerprint density at radius 3 is 2.48 bits per heavy atom. The molecule has 0 aliphatic carbocycles. The van der Waals surface area contributed by atoms with Crippen LogP contribution < -0.4 is 11.1 Å². The SMILES string of the molecule is COC(=O)C1=C(C)NC(CSCCN)=C(C(=O)OC)C1c1cccc([N+](=O)[O-])c1. The Hall–Kier alpha value is -2.85. The molecule has 0 radical (unpaired) electrons. The van der Waals surface area contributed by atoms with Crippen LogP contribution in [0.25, 0.3) is 0 Å². The molecule has 1 aromatic carbocycles. The van der Waals surface area contributed by atoms with E-state index in [4.69, 9.17) is 15.2 Å². The molecular weight excluding hydrogens is 398 g/mol. The van der Waals surface area contributed by atoms with Gasteiger partial charge < -0.3 is 20.5 Å². The first-order valence-electron chi connectivity index (χ1n) is 8.75. The highest BCUT2D eigenvalue weighted by Gasteiger charge is 2.38. The summed E-state index contributed by atoms with van der Waals surface area (Å²) in [6.07, 6.45) is 0. The van der Waals surface area contributed by atoms with Gasteiger partial charge in [-0.25, -0.2) is 9.59 Å². The van der Waals surface area contributed by atoms with E-state index in [2.05, 4.69) is 5.32 Å². The van der Waals surface area contributed by atoms with E-state index in [1.807, 2.05) is 0 Å². The van der Waals surface area contributed by atoms with Crippen LogP contribution in [0.2, 0.25) is 0 Å². The highest BCUT2D eigenvalue weighted by atomic mass is 32.2. The molecule has 1 atom stereocenters. The summed E-state index contributed by atoms with van der Waals surface area (Å²) < 4.78 is 9.89. The lowest BCUT2D eigenvalue weighted by molar-refractivity contribution is -0.384. The fourth-order valence-corrected chi connectivity index (χ4v) is 3.89. The van der Waals surface area contributed by atoms with Crippen LogP contribution in [0.15, 0.2) is 46.8 Å². The zero-order valence-corrected chi connectivity index (χ0v) is 17.2.